The van der Waals surface area contributed by atoms with Crippen LogP contribution in [0.1, 0.15) is 323 Å². The molecule has 17 nitrogen and oxygen atoms in total. The summed E-state index contributed by atoms with van der Waals surface area (Å²) in [4.78, 5) is 73.2. The molecule has 108 heavy (non-hydrogen) atoms. The molecule has 0 saturated carbocycles. The molecule has 0 amide bonds. The van der Waals surface area contributed by atoms with Crippen LogP contribution in [0.3, 0.4) is 0 Å². The zero-order chi connectivity index (χ0) is 78.9. The quantitative estimate of drug-likeness (QED) is 0.0169. The molecule has 3 N–H and O–H groups in total. The van der Waals surface area contributed by atoms with Gasteiger partial charge in [-0.05, 0) is 173 Å². The molecule has 0 aromatic rings. The molecule has 0 aliphatic rings. The van der Waals surface area contributed by atoms with Gasteiger partial charge < -0.3 is 33.8 Å². The number of phosphoric ester groups is 2. The molecule has 616 valence electrons. The number of aliphatic hydroxyl groups excluding tert-OH is 1. The molecule has 0 fully saturated rings. The summed E-state index contributed by atoms with van der Waals surface area (Å²) < 4.78 is 68.7. The van der Waals surface area contributed by atoms with Crippen LogP contribution < -0.4 is 0 Å². The maximum atomic E-state index is 13.1. The zero-order valence-corrected chi connectivity index (χ0v) is 69.3. The van der Waals surface area contributed by atoms with E-state index in [0.29, 0.717) is 25.7 Å². The van der Waals surface area contributed by atoms with E-state index in [1.807, 2.05) is 0 Å². The van der Waals surface area contributed by atoms with Crippen LogP contribution in [-0.4, -0.2) is 96.7 Å². The van der Waals surface area contributed by atoms with E-state index in [-0.39, 0.29) is 25.7 Å². The molecule has 0 aliphatic heterocycles. The molecule has 0 spiro atoms. The molecule has 0 saturated heterocycles. The minimum absolute atomic E-state index is 0.0422. The Morgan fingerprint density at radius 2 is 0.481 bits per heavy atom. The molecule has 0 aliphatic carbocycles. The van der Waals surface area contributed by atoms with E-state index in [9.17, 15) is 43.2 Å². The van der Waals surface area contributed by atoms with Crippen molar-refractivity contribution in [1.82, 2.24) is 0 Å². The number of esters is 4. The second-order valence-electron chi connectivity index (χ2n) is 27.3. The lowest BCUT2D eigenvalue weighted by atomic mass is 10.1. The van der Waals surface area contributed by atoms with E-state index in [0.717, 1.165) is 186 Å². The first-order valence-electron chi connectivity index (χ1n) is 41.7. The maximum absolute atomic E-state index is 13.1. The topological polar surface area (TPSA) is 237 Å². The number of phosphoric acid groups is 2. The summed E-state index contributed by atoms with van der Waals surface area (Å²) in [7, 11) is -10.0. The van der Waals surface area contributed by atoms with Crippen molar-refractivity contribution in [2.45, 2.75) is 341 Å². The van der Waals surface area contributed by atoms with Crippen LogP contribution in [0.15, 0.2) is 158 Å². The predicted molar refractivity (Wildman–Crippen MR) is 445 cm³/mol. The number of allylic oxidation sites excluding steroid dienone is 26. The average molecular weight is 1550 g/mol. The number of rotatable bonds is 77. The van der Waals surface area contributed by atoms with Gasteiger partial charge in [0.2, 0.25) is 0 Å². The standard InChI is InChI=1S/C89H148O17P2/c1-5-9-13-17-21-25-29-33-37-39-41-43-47-50-54-58-62-66-70-74-87(92)100-80-85(106-89(94)76-72-68-64-60-56-52-48-44-42-40-38-34-30-26-22-18-14-10-6-2)82-104-108(97,98)102-78-83(90)77-101-107(95,96)103-81-84(105-88(93)75-71-67-63-59-55-51-46-36-32-28-24-20-16-12-8-4)79-99-86(91)73-69-65-61-57-53-49-45-35-31-27-23-19-15-11-7-3/h9-10,13-14,21-23,25-27,33-38,41-46,50,52,54,56,83-85,90H,5-8,11-12,15-20,24,28-32,39-40,47-49,51,53,55,57-82H2,1-4H3,(H,95,96)(H,97,98)/b13-9-,14-10-,25-21-,26-22-,27-23-,37-33-,38-34-,43-41-,44-42-,45-35-,46-36-,54-50-,56-52-/t83-,84+,85+/m0/s1. The Kier molecular flexibility index (Phi) is 75.8. The van der Waals surface area contributed by atoms with Crippen LogP contribution in [0.4, 0.5) is 0 Å². The fraction of sp³-hybridized carbons (Fsp3) is 0.663. The third-order valence-corrected chi connectivity index (χ3v) is 18.9. The molecule has 5 atom stereocenters. The summed E-state index contributed by atoms with van der Waals surface area (Å²) in [6.07, 6.45) is 93.5. The first-order chi connectivity index (χ1) is 52.7. The Labute approximate surface area is 655 Å². The van der Waals surface area contributed by atoms with Crippen LogP contribution in [-0.2, 0) is 65.4 Å². The second-order valence-corrected chi connectivity index (χ2v) is 30.2. The Balaban J connectivity index is 5.47. The van der Waals surface area contributed by atoms with Gasteiger partial charge in [-0.1, -0.05) is 282 Å². The van der Waals surface area contributed by atoms with Gasteiger partial charge >= 0.3 is 39.5 Å². The molecule has 0 rings (SSSR count). The highest BCUT2D eigenvalue weighted by Gasteiger charge is 2.30. The van der Waals surface area contributed by atoms with Gasteiger partial charge in [-0.25, -0.2) is 9.13 Å². The maximum Gasteiger partial charge on any atom is 0.472 e. The van der Waals surface area contributed by atoms with Gasteiger partial charge in [0.25, 0.3) is 0 Å². The van der Waals surface area contributed by atoms with E-state index >= 15 is 0 Å². The van der Waals surface area contributed by atoms with Crippen molar-refractivity contribution < 1.29 is 80.2 Å². The minimum atomic E-state index is -5.01. The molecule has 0 radical (unpaired) electrons. The van der Waals surface area contributed by atoms with Crippen LogP contribution in [0.25, 0.3) is 0 Å². The number of aliphatic hydroxyl groups is 1. The molecular weight excluding hydrogens is 1400 g/mol. The fourth-order valence-electron chi connectivity index (χ4n) is 10.7. The first-order valence-corrected chi connectivity index (χ1v) is 44.7. The lowest BCUT2D eigenvalue weighted by Gasteiger charge is -2.21. The Bertz CT molecular complexity index is 2660. The molecular formula is C89H148O17P2. The van der Waals surface area contributed by atoms with Crippen molar-refractivity contribution >= 4 is 39.5 Å². The highest BCUT2D eigenvalue weighted by molar-refractivity contribution is 7.47. The van der Waals surface area contributed by atoms with Gasteiger partial charge in [-0.2, -0.15) is 0 Å². The lowest BCUT2D eigenvalue weighted by molar-refractivity contribution is -0.161. The number of hydrogen-bond acceptors (Lipinski definition) is 15. The predicted octanol–water partition coefficient (Wildman–Crippen LogP) is 24.8. The number of carbonyl (C=O) groups excluding carboxylic acids is 4. The molecule has 0 bridgehead atoms. The summed E-state index contributed by atoms with van der Waals surface area (Å²) >= 11 is 0. The Hall–Kier alpha value is -5.32. The van der Waals surface area contributed by atoms with Crippen LogP contribution in [0, 0.1) is 0 Å². The van der Waals surface area contributed by atoms with Gasteiger partial charge in [-0.3, -0.25) is 37.3 Å². The van der Waals surface area contributed by atoms with Gasteiger partial charge in [0.15, 0.2) is 12.2 Å². The molecule has 19 heteroatoms. The van der Waals surface area contributed by atoms with Crippen LogP contribution in [0.2, 0.25) is 0 Å². The van der Waals surface area contributed by atoms with Crippen LogP contribution in [0.5, 0.6) is 0 Å². The summed E-state index contributed by atoms with van der Waals surface area (Å²) in [6, 6.07) is 0. The van der Waals surface area contributed by atoms with E-state index in [4.69, 9.17) is 37.0 Å². The number of unbranched alkanes of at least 4 members (excludes halogenated alkanes) is 25. The van der Waals surface area contributed by atoms with Crippen LogP contribution >= 0.6 is 15.6 Å². The van der Waals surface area contributed by atoms with Gasteiger partial charge in [0.05, 0.1) is 26.4 Å². The van der Waals surface area contributed by atoms with Crippen molar-refractivity contribution in [2.75, 3.05) is 39.6 Å². The van der Waals surface area contributed by atoms with Gasteiger partial charge in [0, 0.05) is 25.7 Å². The third-order valence-electron chi connectivity index (χ3n) is 17.0. The van der Waals surface area contributed by atoms with E-state index in [2.05, 4.69) is 186 Å². The molecule has 0 heterocycles. The molecule has 0 aromatic carbocycles. The monoisotopic (exact) mass is 1550 g/mol. The van der Waals surface area contributed by atoms with Crippen molar-refractivity contribution in [1.29, 1.82) is 0 Å². The highest BCUT2D eigenvalue weighted by Crippen LogP contribution is 2.45. The number of carbonyl (C=O) groups is 4. The normalized spacial score (nSPS) is 14.6. The van der Waals surface area contributed by atoms with E-state index < -0.39 is 97.5 Å². The van der Waals surface area contributed by atoms with E-state index in [1.54, 1.807) is 0 Å². The van der Waals surface area contributed by atoms with Crippen molar-refractivity contribution in [2.24, 2.45) is 0 Å². The Morgan fingerprint density at radius 3 is 0.778 bits per heavy atom. The smallest absolute Gasteiger partial charge is 0.462 e. The number of ether oxygens (including phenoxy) is 4. The lowest BCUT2D eigenvalue weighted by Crippen LogP contribution is -2.30. The SMILES string of the molecule is CC/C=C\C/C=C\C/C=C\C/C=C\C/C=C\CCCCCC(=O)OC[C@H](COP(=O)(O)OC[C@@H](O)COP(=O)(O)OC[C@@H](COC(=O)CCCCCCC/C=C\C/C=C\CCCCC)OC(=O)CCCCCCC/C=C\CCCCCCCC)OC(=O)CCCCC/C=C\C/C=C\C/C=C\C/C=C\C/C=C\CC. The third kappa shape index (κ3) is 78.8. The highest BCUT2D eigenvalue weighted by atomic mass is 31.2. The van der Waals surface area contributed by atoms with Gasteiger partial charge in [0.1, 0.15) is 19.3 Å². The van der Waals surface area contributed by atoms with E-state index in [1.165, 1.54) is 57.8 Å². The summed E-state index contributed by atoms with van der Waals surface area (Å²) in [5.41, 5.74) is 0. The minimum Gasteiger partial charge on any atom is -0.462 e. The average Bonchev–Trinajstić information content (AvgIpc) is 0.896. The second kappa shape index (κ2) is 79.8. The Morgan fingerprint density at radius 1 is 0.269 bits per heavy atom. The number of hydrogen-bond donors (Lipinski definition) is 3. The van der Waals surface area contributed by atoms with Crippen molar-refractivity contribution in [3.05, 3.63) is 158 Å². The summed E-state index contributed by atoms with van der Waals surface area (Å²) in [5.74, 6) is -2.28. The summed E-state index contributed by atoms with van der Waals surface area (Å²) in [5, 5.41) is 10.7. The first kappa shape index (κ1) is 103. The van der Waals surface area contributed by atoms with Gasteiger partial charge in [-0.15, -0.1) is 0 Å². The molecule has 0 aromatic heterocycles. The summed E-state index contributed by atoms with van der Waals surface area (Å²) in [6.45, 7) is 4.53. The largest absolute Gasteiger partial charge is 0.472 e. The molecule has 2 unspecified atom stereocenters. The van der Waals surface area contributed by atoms with Crippen molar-refractivity contribution in [3.63, 3.8) is 0 Å². The zero-order valence-electron chi connectivity index (χ0n) is 67.5. The van der Waals surface area contributed by atoms with Crippen molar-refractivity contribution in [3.8, 4) is 0 Å². The fourth-order valence-corrected chi connectivity index (χ4v) is 12.2.